The van der Waals surface area contributed by atoms with Crippen LogP contribution in [0.4, 0.5) is 11.6 Å². The molecule has 2 aromatic rings. The van der Waals surface area contributed by atoms with Crippen molar-refractivity contribution in [1.82, 2.24) is 9.78 Å². The lowest BCUT2D eigenvalue weighted by molar-refractivity contribution is 0.412. The Hall–Kier alpha value is -2.68. The van der Waals surface area contributed by atoms with Gasteiger partial charge in [0.15, 0.2) is 5.82 Å². The lowest BCUT2D eigenvalue weighted by Gasteiger charge is -2.26. The van der Waals surface area contributed by atoms with Gasteiger partial charge in [0.2, 0.25) is 0 Å². The molecule has 0 bridgehead atoms. The quantitative estimate of drug-likeness (QED) is 0.898. The fourth-order valence-corrected chi connectivity index (χ4v) is 2.38. The van der Waals surface area contributed by atoms with Gasteiger partial charge in [-0.15, -0.1) is 5.10 Å². The van der Waals surface area contributed by atoms with E-state index in [1.165, 1.54) is 6.42 Å². The number of aromatic nitrogens is 2. The van der Waals surface area contributed by atoms with Gasteiger partial charge in [-0.25, -0.2) is 4.68 Å². The van der Waals surface area contributed by atoms with Crippen molar-refractivity contribution >= 4 is 11.6 Å². The molecule has 0 aliphatic heterocycles. The van der Waals surface area contributed by atoms with Crippen molar-refractivity contribution in [3.63, 3.8) is 0 Å². The molecule has 0 amide bonds. The highest BCUT2D eigenvalue weighted by molar-refractivity contribution is 5.67. The standard InChI is InChI=1S/C15H17N5O/c1-21-13-8-3-2-7-12(13)20-14(17)11(9-16)15(19-20)18-10-5-4-6-10/h2-3,7-8,10H,4-6,17H2,1H3,(H,18,19). The van der Waals surface area contributed by atoms with Crippen LogP contribution in [0.25, 0.3) is 5.69 Å². The number of hydrogen-bond donors (Lipinski definition) is 2. The van der Waals surface area contributed by atoms with Crippen LogP contribution in [-0.2, 0) is 0 Å². The lowest BCUT2D eigenvalue weighted by Crippen LogP contribution is -2.27. The van der Waals surface area contributed by atoms with E-state index in [9.17, 15) is 5.26 Å². The molecule has 21 heavy (non-hydrogen) atoms. The van der Waals surface area contributed by atoms with Gasteiger partial charge in [0.25, 0.3) is 0 Å². The van der Waals surface area contributed by atoms with E-state index in [-0.39, 0.29) is 0 Å². The summed E-state index contributed by atoms with van der Waals surface area (Å²) in [5.74, 6) is 1.53. The molecule has 6 heteroatoms. The SMILES string of the molecule is COc1ccccc1-n1nc(NC2CCC2)c(C#N)c1N. The van der Waals surface area contributed by atoms with Gasteiger partial charge in [-0.1, -0.05) is 12.1 Å². The second-order valence-electron chi connectivity index (χ2n) is 5.08. The first-order valence-corrected chi connectivity index (χ1v) is 6.93. The summed E-state index contributed by atoms with van der Waals surface area (Å²) in [7, 11) is 1.59. The summed E-state index contributed by atoms with van der Waals surface area (Å²) in [6.07, 6.45) is 3.42. The van der Waals surface area contributed by atoms with Crippen molar-refractivity contribution in [2.24, 2.45) is 0 Å². The van der Waals surface area contributed by atoms with E-state index in [0.29, 0.717) is 29.0 Å². The van der Waals surface area contributed by atoms with Gasteiger partial charge in [0.1, 0.15) is 28.9 Å². The van der Waals surface area contributed by atoms with Gasteiger partial charge < -0.3 is 15.8 Å². The number of nitrogens with two attached hydrogens (primary N) is 1. The molecule has 1 aliphatic rings. The molecule has 1 saturated carbocycles. The Bertz CT molecular complexity index is 697. The van der Waals surface area contributed by atoms with Crippen molar-refractivity contribution in [1.29, 1.82) is 5.26 Å². The molecule has 3 N–H and O–H groups in total. The summed E-state index contributed by atoms with van der Waals surface area (Å²) >= 11 is 0. The lowest BCUT2D eigenvalue weighted by atomic mass is 9.93. The topological polar surface area (TPSA) is 88.9 Å². The smallest absolute Gasteiger partial charge is 0.168 e. The Balaban J connectivity index is 2.04. The van der Waals surface area contributed by atoms with E-state index < -0.39 is 0 Å². The number of nitrogens with zero attached hydrogens (tertiary/aromatic N) is 3. The number of para-hydroxylation sites is 2. The second-order valence-corrected chi connectivity index (χ2v) is 5.08. The van der Waals surface area contributed by atoms with Crippen LogP contribution in [-0.4, -0.2) is 22.9 Å². The highest BCUT2D eigenvalue weighted by atomic mass is 16.5. The average Bonchev–Trinajstić information content (AvgIpc) is 2.78. The van der Waals surface area contributed by atoms with Crippen LogP contribution in [0.2, 0.25) is 0 Å². The third-order valence-corrected chi connectivity index (χ3v) is 3.79. The third-order valence-electron chi connectivity index (χ3n) is 3.79. The van der Waals surface area contributed by atoms with Gasteiger partial charge in [0.05, 0.1) is 7.11 Å². The van der Waals surface area contributed by atoms with Crippen molar-refractivity contribution in [3.05, 3.63) is 29.8 Å². The first kappa shape index (κ1) is 13.3. The number of nitrogen functional groups attached to an aromatic ring is 1. The number of rotatable bonds is 4. The Kier molecular flexibility index (Phi) is 3.40. The highest BCUT2D eigenvalue weighted by Crippen LogP contribution is 2.31. The molecule has 108 valence electrons. The van der Waals surface area contributed by atoms with Crippen molar-refractivity contribution in [3.8, 4) is 17.5 Å². The number of methoxy groups -OCH3 is 1. The van der Waals surface area contributed by atoms with Crippen LogP contribution in [0.15, 0.2) is 24.3 Å². The summed E-state index contributed by atoms with van der Waals surface area (Å²) in [5.41, 5.74) is 7.19. The molecule has 1 aromatic heterocycles. The van der Waals surface area contributed by atoms with E-state index in [4.69, 9.17) is 10.5 Å². The molecular weight excluding hydrogens is 266 g/mol. The Morgan fingerprint density at radius 2 is 2.19 bits per heavy atom. The summed E-state index contributed by atoms with van der Waals surface area (Å²) in [6, 6.07) is 9.97. The predicted octanol–water partition coefficient (Wildman–Crippen LogP) is 2.30. The summed E-state index contributed by atoms with van der Waals surface area (Å²) in [6.45, 7) is 0. The number of benzene rings is 1. The number of anilines is 2. The molecule has 0 radical (unpaired) electrons. The fourth-order valence-electron chi connectivity index (χ4n) is 2.38. The third kappa shape index (κ3) is 2.27. The number of hydrogen-bond acceptors (Lipinski definition) is 5. The molecule has 1 aromatic carbocycles. The Morgan fingerprint density at radius 1 is 1.43 bits per heavy atom. The maximum Gasteiger partial charge on any atom is 0.168 e. The van der Waals surface area contributed by atoms with Crippen molar-refractivity contribution in [2.45, 2.75) is 25.3 Å². The molecule has 0 saturated heterocycles. The van der Waals surface area contributed by atoms with Crippen LogP contribution < -0.4 is 15.8 Å². The van der Waals surface area contributed by atoms with Gasteiger partial charge in [-0.3, -0.25) is 0 Å². The van der Waals surface area contributed by atoms with E-state index in [1.54, 1.807) is 11.8 Å². The molecule has 1 aliphatic carbocycles. The Labute approximate surface area is 123 Å². The van der Waals surface area contributed by atoms with Crippen molar-refractivity contribution < 1.29 is 4.74 Å². The maximum atomic E-state index is 9.34. The Morgan fingerprint density at radius 3 is 2.81 bits per heavy atom. The zero-order chi connectivity index (χ0) is 14.8. The van der Waals surface area contributed by atoms with Gasteiger partial charge in [0, 0.05) is 6.04 Å². The monoisotopic (exact) mass is 283 g/mol. The van der Waals surface area contributed by atoms with Crippen LogP contribution in [0.5, 0.6) is 5.75 Å². The minimum Gasteiger partial charge on any atom is -0.494 e. The number of ether oxygens (including phenoxy) is 1. The minimum absolute atomic E-state index is 0.323. The van der Waals surface area contributed by atoms with Gasteiger partial charge in [-0.2, -0.15) is 5.26 Å². The van der Waals surface area contributed by atoms with E-state index in [0.717, 1.165) is 18.5 Å². The average molecular weight is 283 g/mol. The van der Waals surface area contributed by atoms with Crippen LogP contribution >= 0.6 is 0 Å². The van der Waals surface area contributed by atoms with E-state index in [2.05, 4.69) is 16.5 Å². The van der Waals surface area contributed by atoms with Gasteiger partial charge >= 0.3 is 0 Å². The summed E-state index contributed by atoms with van der Waals surface area (Å²) in [4.78, 5) is 0. The van der Waals surface area contributed by atoms with Crippen molar-refractivity contribution in [2.75, 3.05) is 18.2 Å². The summed E-state index contributed by atoms with van der Waals surface area (Å²) < 4.78 is 6.89. The molecule has 1 heterocycles. The normalized spacial score (nSPS) is 14.3. The van der Waals surface area contributed by atoms with E-state index in [1.807, 2.05) is 24.3 Å². The zero-order valence-electron chi connectivity index (χ0n) is 11.8. The minimum atomic E-state index is 0.323. The molecule has 3 rings (SSSR count). The summed E-state index contributed by atoms with van der Waals surface area (Å²) in [5, 5.41) is 17.1. The fraction of sp³-hybridized carbons (Fsp3) is 0.333. The predicted molar refractivity (Wildman–Crippen MR) is 80.5 cm³/mol. The first-order chi connectivity index (χ1) is 10.2. The zero-order valence-corrected chi connectivity index (χ0v) is 11.8. The highest BCUT2D eigenvalue weighted by Gasteiger charge is 2.23. The molecule has 1 fully saturated rings. The molecular formula is C15H17N5O. The van der Waals surface area contributed by atoms with Gasteiger partial charge in [-0.05, 0) is 31.4 Å². The number of nitriles is 1. The molecule has 0 unspecified atom stereocenters. The second kappa shape index (κ2) is 5.37. The van der Waals surface area contributed by atoms with Crippen LogP contribution in [0, 0.1) is 11.3 Å². The van der Waals surface area contributed by atoms with Crippen LogP contribution in [0.3, 0.4) is 0 Å². The molecule has 0 spiro atoms. The first-order valence-electron chi connectivity index (χ1n) is 6.93. The molecule has 0 atom stereocenters. The largest absolute Gasteiger partial charge is 0.494 e. The van der Waals surface area contributed by atoms with E-state index >= 15 is 0 Å². The number of nitrogens with one attached hydrogen (secondary N) is 1. The molecule has 6 nitrogen and oxygen atoms in total. The maximum absolute atomic E-state index is 9.34. The van der Waals surface area contributed by atoms with Crippen LogP contribution in [0.1, 0.15) is 24.8 Å².